The van der Waals surface area contributed by atoms with Gasteiger partial charge in [0.05, 0.1) is 17.3 Å². The summed E-state index contributed by atoms with van der Waals surface area (Å²) in [6.07, 6.45) is 5.14. The number of nitrogens with zero attached hydrogens (tertiary/aromatic N) is 2. The standard InChI is InChI=1S/C14H16BrN3O/c1-10(18-9-12-8-16-5-6-17-12)11-3-4-14(19-2)13(15)7-11/h3-8,10,18H,9H2,1-2H3. The van der Waals surface area contributed by atoms with Crippen LogP contribution in [0.4, 0.5) is 0 Å². The maximum atomic E-state index is 5.22. The first-order chi connectivity index (χ1) is 9.20. The second kappa shape index (κ2) is 6.63. The number of ether oxygens (including phenoxy) is 1. The highest BCUT2D eigenvalue weighted by atomic mass is 79.9. The summed E-state index contributed by atoms with van der Waals surface area (Å²) in [5, 5.41) is 3.42. The van der Waals surface area contributed by atoms with Gasteiger partial charge in [0.2, 0.25) is 0 Å². The smallest absolute Gasteiger partial charge is 0.133 e. The second-order valence-corrected chi connectivity index (χ2v) is 5.05. The number of rotatable bonds is 5. The summed E-state index contributed by atoms with van der Waals surface area (Å²) >= 11 is 3.50. The van der Waals surface area contributed by atoms with E-state index in [-0.39, 0.29) is 6.04 Å². The average molecular weight is 322 g/mol. The van der Waals surface area contributed by atoms with E-state index in [2.05, 4.69) is 50.3 Å². The van der Waals surface area contributed by atoms with Crippen molar-refractivity contribution in [3.8, 4) is 5.75 Å². The summed E-state index contributed by atoms with van der Waals surface area (Å²) in [4.78, 5) is 8.28. The number of hydrogen-bond acceptors (Lipinski definition) is 4. The van der Waals surface area contributed by atoms with Gasteiger partial charge in [0.1, 0.15) is 5.75 Å². The highest BCUT2D eigenvalue weighted by Gasteiger charge is 2.08. The molecule has 19 heavy (non-hydrogen) atoms. The van der Waals surface area contributed by atoms with E-state index in [9.17, 15) is 0 Å². The number of nitrogens with one attached hydrogen (secondary N) is 1. The highest BCUT2D eigenvalue weighted by Crippen LogP contribution is 2.27. The Morgan fingerprint density at radius 1 is 1.37 bits per heavy atom. The lowest BCUT2D eigenvalue weighted by Gasteiger charge is -2.15. The quantitative estimate of drug-likeness (QED) is 0.919. The van der Waals surface area contributed by atoms with Crippen molar-refractivity contribution in [2.45, 2.75) is 19.5 Å². The SMILES string of the molecule is COc1ccc(C(C)NCc2cnccn2)cc1Br. The van der Waals surface area contributed by atoms with Crippen LogP contribution >= 0.6 is 15.9 Å². The molecule has 100 valence electrons. The summed E-state index contributed by atoms with van der Waals surface area (Å²) in [5.74, 6) is 0.838. The molecule has 0 spiro atoms. The average Bonchev–Trinajstić information content (AvgIpc) is 2.45. The lowest BCUT2D eigenvalue weighted by molar-refractivity contribution is 0.411. The van der Waals surface area contributed by atoms with Gasteiger partial charge in [0.25, 0.3) is 0 Å². The zero-order valence-corrected chi connectivity index (χ0v) is 12.5. The first kappa shape index (κ1) is 14.0. The van der Waals surface area contributed by atoms with Gasteiger partial charge in [-0.2, -0.15) is 0 Å². The molecule has 0 aliphatic carbocycles. The fourth-order valence-corrected chi connectivity index (χ4v) is 2.31. The summed E-state index contributed by atoms with van der Waals surface area (Å²) < 4.78 is 6.18. The third kappa shape index (κ3) is 3.75. The van der Waals surface area contributed by atoms with Crippen molar-refractivity contribution in [2.24, 2.45) is 0 Å². The molecular formula is C14H16BrN3O. The molecule has 0 saturated heterocycles. The predicted octanol–water partition coefficient (Wildman–Crippen LogP) is 3.10. The lowest BCUT2D eigenvalue weighted by Crippen LogP contribution is -2.18. The van der Waals surface area contributed by atoms with Crippen LogP contribution in [-0.4, -0.2) is 17.1 Å². The van der Waals surface area contributed by atoms with Crippen LogP contribution in [-0.2, 0) is 6.54 Å². The third-order valence-corrected chi connectivity index (χ3v) is 3.50. The summed E-state index contributed by atoms with van der Waals surface area (Å²) in [6.45, 7) is 2.81. The van der Waals surface area contributed by atoms with Crippen LogP contribution in [0.1, 0.15) is 24.2 Å². The van der Waals surface area contributed by atoms with E-state index in [0.29, 0.717) is 6.54 Å². The first-order valence-electron chi connectivity index (χ1n) is 6.02. The highest BCUT2D eigenvalue weighted by molar-refractivity contribution is 9.10. The lowest BCUT2D eigenvalue weighted by atomic mass is 10.1. The second-order valence-electron chi connectivity index (χ2n) is 4.19. The molecule has 2 aromatic rings. The summed E-state index contributed by atoms with van der Waals surface area (Å²) in [5.41, 5.74) is 2.12. The Kier molecular flexibility index (Phi) is 4.87. The largest absolute Gasteiger partial charge is 0.496 e. The Balaban J connectivity index is 2.00. The fraction of sp³-hybridized carbons (Fsp3) is 0.286. The monoisotopic (exact) mass is 321 g/mol. The minimum atomic E-state index is 0.226. The van der Waals surface area contributed by atoms with Gasteiger partial charge < -0.3 is 10.1 Å². The topological polar surface area (TPSA) is 47.0 Å². The molecule has 1 unspecified atom stereocenters. The van der Waals surface area contributed by atoms with E-state index < -0.39 is 0 Å². The Morgan fingerprint density at radius 3 is 2.84 bits per heavy atom. The van der Waals surface area contributed by atoms with Crippen molar-refractivity contribution in [3.63, 3.8) is 0 Å². The number of hydrogen-bond donors (Lipinski definition) is 1. The minimum absolute atomic E-state index is 0.226. The zero-order chi connectivity index (χ0) is 13.7. The maximum absolute atomic E-state index is 5.22. The molecule has 1 heterocycles. The molecule has 0 aliphatic rings. The Hall–Kier alpha value is -1.46. The van der Waals surface area contributed by atoms with Crippen molar-refractivity contribution in [1.82, 2.24) is 15.3 Å². The molecule has 4 nitrogen and oxygen atoms in total. The van der Waals surface area contributed by atoms with Crippen LogP contribution in [0.5, 0.6) is 5.75 Å². The molecule has 0 amide bonds. The van der Waals surface area contributed by atoms with E-state index in [0.717, 1.165) is 15.9 Å². The normalized spacial score (nSPS) is 12.2. The molecule has 0 bridgehead atoms. The molecular weight excluding hydrogens is 306 g/mol. The van der Waals surface area contributed by atoms with Crippen LogP contribution in [0.15, 0.2) is 41.3 Å². The van der Waals surface area contributed by atoms with E-state index in [1.165, 1.54) is 5.56 Å². The molecule has 1 aromatic heterocycles. The third-order valence-electron chi connectivity index (χ3n) is 2.88. The number of halogens is 1. The van der Waals surface area contributed by atoms with E-state index in [1.807, 2.05) is 6.07 Å². The van der Waals surface area contributed by atoms with Crippen LogP contribution < -0.4 is 10.1 Å². The van der Waals surface area contributed by atoms with Crippen LogP contribution in [0.3, 0.4) is 0 Å². The van der Waals surface area contributed by atoms with Crippen molar-refractivity contribution in [3.05, 3.63) is 52.5 Å². The molecule has 2 rings (SSSR count). The van der Waals surface area contributed by atoms with Crippen molar-refractivity contribution in [2.75, 3.05) is 7.11 Å². The molecule has 0 saturated carbocycles. The van der Waals surface area contributed by atoms with Crippen LogP contribution in [0, 0.1) is 0 Å². The maximum Gasteiger partial charge on any atom is 0.133 e. The Bertz CT molecular complexity index is 533. The van der Waals surface area contributed by atoms with Gasteiger partial charge in [-0.05, 0) is 40.5 Å². The van der Waals surface area contributed by atoms with Gasteiger partial charge in [-0.3, -0.25) is 9.97 Å². The van der Waals surface area contributed by atoms with Gasteiger partial charge in [0.15, 0.2) is 0 Å². The van der Waals surface area contributed by atoms with E-state index >= 15 is 0 Å². The van der Waals surface area contributed by atoms with Crippen LogP contribution in [0.2, 0.25) is 0 Å². The molecule has 5 heteroatoms. The van der Waals surface area contributed by atoms with Gasteiger partial charge in [0, 0.05) is 31.2 Å². The zero-order valence-electron chi connectivity index (χ0n) is 10.9. The molecule has 0 aliphatic heterocycles. The fourth-order valence-electron chi connectivity index (χ4n) is 1.75. The van der Waals surface area contributed by atoms with Crippen molar-refractivity contribution < 1.29 is 4.74 Å². The first-order valence-corrected chi connectivity index (χ1v) is 6.81. The van der Waals surface area contributed by atoms with Crippen molar-refractivity contribution >= 4 is 15.9 Å². The molecule has 0 fully saturated rings. The number of methoxy groups -OCH3 is 1. The predicted molar refractivity (Wildman–Crippen MR) is 78.0 cm³/mol. The summed E-state index contributed by atoms with van der Waals surface area (Å²) in [7, 11) is 1.66. The van der Waals surface area contributed by atoms with Gasteiger partial charge in [-0.15, -0.1) is 0 Å². The molecule has 1 aromatic carbocycles. The number of benzene rings is 1. The molecule has 1 atom stereocenters. The number of aromatic nitrogens is 2. The Labute approximate surface area is 121 Å². The van der Waals surface area contributed by atoms with Gasteiger partial charge >= 0.3 is 0 Å². The van der Waals surface area contributed by atoms with Gasteiger partial charge in [-0.25, -0.2) is 0 Å². The van der Waals surface area contributed by atoms with Gasteiger partial charge in [-0.1, -0.05) is 6.07 Å². The van der Waals surface area contributed by atoms with E-state index in [1.54, 1.807) is 25.7 Å². The summed E-state index contributed by atoms with van der Waals surface area (Å²) in [6, 6.07) is 6.30. The molecule has 0 radical (unpaired) electrons. The Morgan fingerprint density at radius 2 is 2.21 bits per heavy atom. The molecule has 1 N–H and O–H groups in total. The van der Waals surface area contributed by atoms with E-state index in [4.69, 9.17) is 4.74 Å². The van der Waals surface area contributed by atoms with Crippen molar-refractivity contribution in [1.29, 1.82) is 0 Å². The minimum Gasteiger partial charge on any atom is -0.496 e. The van der Waals surface area contributed by atoms with Crippen LogP contribution in [0.25, 0.3) is 0 Å².